The van der Waals surface area contributed by atoms with Crippen LogP contribution in [0, 0.1) is 0 Å². The maximum absolute atomic E-state index is 11.2. The second-order valence-corrected chi connectivity index (χ2v) is 10.4. The number of rotatable bonds is 15. The van der Waals surface area contributed by atoms with E-state index in [0.717, 1.165) is 24.1 Å². The van der Waals surface area contributed by atoms with Gasteiger partial charge in [-0.15, -0.1) is 11.6 Å². The van der Waals surface area contributed by atoms with Gasteiger partial charge in [0.2, 0.25) is 0 Å². The molecular formula is C28H36Cl3NO5. The van der Waals surface area contributed by atoms with Crippen molar-refractivity contribution in [1.82, 2.24) is 4.90 Å². The Morgan fingerprint density at radius 1 is 1.11 bits per heavy atom. The molecule has 0 radical (unpaired) electrons. The summed E-state index contributed by atoms with van der Waals surface area (Å²) in [5, 5.41) is 11.0. The Bertz CT molecular complexity index is 1010. The predicted molar refractivity (Wildman–Crippen MR) is 150 cm³/mol. The molecule has 204 valence electrons. The fourth-order valence-corrected chi connectivity index (χ4v) is 4.52. The lowest BCUT2D eigenvalue weighted by Gasteiger charge is -2.28. The number of hydrogen-bond acceptors (Lipinski definition) is 6. The molecule has 0 spiro atoms. The second kappa shape index (κ2) is 14.7. The van der Waals surface area contributed by atoms with E-state index in [1.54, 1.807) is 6.20 Å². The molecule has 0 aliphatic rings. The molecule has 6 nitrogen and oxygen atoms in total. The zero-order chi connectivity index (χ0) is 27.6. The highest BCUT2D eigenvalue weighted by Crippen LogP contribution is 2.40. The van der Waals surface area contributed by atoms with Crippen LogP contribution in [-0.2, 0) is 14.9 Å². The number of hydrogen-bond donors (Lipinski definition) is 1. The van der Waals surface area contributed by atoms with E-state index in [0.29, 0.717) is 28.1 Å². The van der Waals surface area contributed by atoms with E-state index in [1.165, 1.54) is 6.92 Å². The first-order valence-corrected chi connectivity index (χ1v) is 13.4. The first-order valence-electron chi connectivity index (χ1n) is 12.1. The van der Waals surface area contributed by atoms with Gasteiger partial charge in [-0.25, -0.2) is 0 Å². The normalized spacial score (nSPS) is 13.0. The van der Waals surface area contributed by atoms with Crippen molar-refractivity contribution in [3.8, 4) is 11.5 Å². The Morgan fingerprint density at radius 2 is 1.73 bits per heavy atom. The first-order chi connectivity index (χ1) is 17.5. The molecule has 0 bridgehead atoms. The monoisotopic (exact) mass is 571 g/mol. The fraction of sp³-hybridized carbons (Fsp3) is 0.464. The van der Waals surface area contributed by atoms with Crippen molar-refractivity contribution in [3.05, 3.63) is 70.3 Å². The minimum atomic E-state index is -0.626. The number of carbonyl (C=O) groups excluding carboxylic acids is 1. The molecule has 0 saturated heterocycles. The summed E-state index contributed by atoms with van der Waals surface area (Å²) in [4.78, 5) is 13.2. The number of ether oxygens (including phenoxy) is 3. The molecule has 1 unspecified atom stereocenters. The second-order valence-electron chi connectivity index (χ2n) is 9.26. The lowest BCUT2D eigenvalue weighted by Crippen LogP contribution is -2.32. The molecule has 2 rings (SSSR count). The summed E-state index contributed by atoms with van der Waals surface area (Å²) >= 11 is 18.9. The molecule has 0 aliphatic heterocycles. The van der Waals surface area contributed by atoms with Gasteiger partial charge in [-0.05, 0) is 48.0 Å². The Kier molecular flexibility index (Phi) is 12.4. The molecule has 0 amide bonds. The summed E-state index contributed by atoms with van der Waals surface area (Å²) < 4.78 is 16.6. The fourth-order valence-electron chi connectivity index (χ4n) is 3.77. The number of nitrogens with zero attached hydrogens (tertiary/aromatic N) is 1. The van der Waals surface area contributed by atoms with Crippen LogP contribution in [0.1, 0.15) is 45.2 Å². The van der Waals surface area contributed by atoms with Crippen LogP contribution in [-0.4, -0.2) is 60.4 Å². The van der Waals surface area contributed by atoms with Crippen molar-refractivity contribution in [3.63, 3.8) is 0 Å². The van der Waals surface area contributed by atoms with Crippen LogP contribution < -0.4 is 9.47 Å². The number of aliphatic hydroxyl groups is 1. The van der Waals surface area contributed by atoms with Crippen molar-refractivity contribution in [2.24, 2.45) is 0 Å². The predicted octanol–water partition coefficient (Wildman–Crippen LogP) is 6.46. The molecule has 0 saturated carbocycles. The van der Waals surface area contributed by atoms with Gasteiger partial charge in [-0.2, -0.15) is 0 Å². The zero-order valence-electron chi connectivity index (χ0n) is 21.8. The molecule has 2 aromatic carbocycles. The quantitative estimate of drug-likeness (QED) is 0.195. The highest BCUT2D eigenvalue weighted by molar-refractivity contribution is 6.37. The summed E-state index contributed by atoms with van der Waals surface area (Å²) in [5.74, 6) is 0.620. The lowest BCUT2D eigenvalue weighted by atomic mass is 9.78. The Morgan fingerprint density at radius 3 is 2.24 bits per heavy atom. The van der Waals surface area contributed by atoms with E-state index < -0.39 is 23.6 Å². The topological polar surface area (TPSA) is 68.2 Å². The molecule has 0 aliphatic carbocycles. The third-order valence-electron chi connectivity index (χ3n) is 5.87. The van der Waals surface area contributed by atoms with Crippen LogP contribution in [0.25, 0.3) is 0 Å². The van der Waals surface area contributed by atoms with Crippen LogP contribution in [0.15, 0.2) is 49.2 Å². The van der Waals surface area contributed by atoms with Gasteiger partial charge < -0.3 is 24.2 Å². The third-order valence-corrected chi connectivity index (χ3v) is 6.78. The summed E-state index contributed by atoms with van der Waals surface area (Å²) in [6.07, 6.45) is 1.48. The standard InChI is InChI=1S/C28H36Cl3NO5/c1-6-12-32(7-2)16-22(34)17-35-23-10-8-20(9-11-23)28(4,5)21-13-25(30)27(26(31)14-21)36-18-24(15-29)37-19(3)33/h7-11,13-14,22,24,34H,2,6,12,15-18H2,1,3-5H3/t22-,24?/m1/s1. The van der Waals surface area contributed by atoms with E-state index >= 15 is 0 Å². The Hall–Kier alpha value is -2.12. The van der Waals surface area contributed by atoms with E-state index in [-0.39, 0.29) is 19.1 Å². The number of carbonyl (C=O) groups is 1. The molecule has 37 heavy (non-hydrogen) atoms. The van der Waals surface area contributed by atoms with Gasteiger partial charge in [0.15, 0.2) is 5.75 Å². The van der Waals surface area contributed by atoms with Crippen molar-refractivity contribution in [1.29, 1.82) is 0 Å². The summed E-state index contributed by atoms with van der Waals surface area (Å²) in [7, 11) is 0. The van der Waals surface area contributed by atoms with Crippen molar-refractivity contribution >= 4 is 40.8 Å². The van der Waals surface area contributed by atoms with Crippen LogP contribution in [0.5, 0.6) is 11.5 Å². The van der Waals surface area contributed by atoms with Gasteiger partial charge in [-0.1, -0.05) is 62.7 Å². The summed E-state index contributed by atoms with van der Waals surface area (Å²) in [6.45, 7) is 12.8. The van der Waals surface area contributed by atoms with Crippen molar-refractivity contribution < 1.29 is 24.1 Å². The SMILES string of the molecule is C=CN(CCC)C[C@@H](O)COc1ccc(C(C)(C)c2cc(Cl)c(OCC(CCl)OC(C)=O)c(Cl)c2)cc1. The van der Waals surface area contributed by atoms with Crippen molar-refractivity contribution in [2.45, 2.75) is 51.7 Å². The zero-order valence-corrected chi connectivity index (χ0v) is 24.1. The van der Waals surface area contributed by atoms with Gasteiger partial charge in [0, 0.05) is 25.4 Å². The van der Waals surface area contributed by atoms with Gasteiger partial charge in [0.1, 0.15) is 31.2 Å². The van der Waals surface area contributed by atoms with E-state index in [2.05, 4.69) is 27.4 Å². The van der Waals surface area contributed by atoms with Gasteiger partial charge >= 0.3 is 5.97 Å². The van der Waals surface area contributed by atoms with E-state index in [4.69, 9.17) is 49.0 Å². The Labute approximate surface area is 235 Å². The number of alkyl halides is 1. The molecule has 1 N–H and O–H groups in total. The van der Waals surface area contributed by atoms with Crippen LogP contribution in [0.4, 0.5) is 0 Å². The maximum Gasteiger partial charge on any atom is 0.303 e. The third kappa shape index (κ3) is 9.29. The van der Waals surface area contributed by atoms with E-state index in [9.17, 15) is 9.90 Å². The molecule has 9 heteroatoms. The maximum atomic E-state index is 11.2. The highest BCUT2D eigenvalue weighted by atomic mass is 35.5. The smallest absolute Gasteiger partial charge is 0.303 e. The van der Waals surface area contributed by atoms with Gasteiger partial charge in [0.05, 0.1) is 15.9 Å². The first kappa shape index (κ1) is 31.1. The molecule has 0 aromatic heterocycles. The summed E-state index contributed by atoms with van der Waals surface area (Å²) in [6, 6.07) is 11.3. The van der Waals surface area contributed by atoms with E-state index in [1.807, 2.05) is 41.3 Å². The molecule has 0 fully saturated rings. The number of benzene rings is 2. The highest BCUT2D eigenvalue weighted by Gasteiger charge is 2.26. The molecule has 2 aromatic rings. The number of aliphatic hydroxyl groups excluding tert-OH is 1. The Balaban J connectivity index is 2.08. The number of esters is 1. The average molecular weight is 573 g/mol. The molecule has 0 heterocycles. The summed E-state index contributed by atoms with van der Waals surface area (Å²) in [5.41, 5.74) is 1.50. The minimum absolute atomic E-state index is 0.0334. The van der Waals surface area contributed by atoms with Crippen LogP contribution in [0.2, 0.25) is 10.0 Å². The van der Waals surface area contributed by atoms with Crippen LogP contribution >= 0.6 is 34.8 Å². The largest absolute Gasteiger partial charge is 0.491 e. The molecule has 2 atom stereocenters. The van der Waals surface area contributed by atoms with Crippen molar-refractivity contribution in [2.75, 3.05) is 32.2 Å². The average Bonchev–Trinajstić information content (AvgIpc) is 2.85. The molecular weight excluding hydrogens is 537 g/mol. The van der Waals surface area contributed by atoms with Gasteiger partial charge in [-0.3, -0.25) is 4.79 Å². The lowest BCUT2D eigenvalue weighted by molar-refractivity contribution is -0.146. The minimum Gasteiger partial charge on any atom is -0.491 e. The number of halogens is 3. The van der Waals surface area contributed by atoms with Gasteiger partial charge in [0.25, 0.3) is 0 Å². The van der Waals surface area contributed by atoms with Crippen LogP contribution in [0.3, 0.4) is 0 Å².